The van der Waals surface area contributed by atoms with E-state index in [0.29, 0.717) is 25.3 Å². The molecule has 0 fully saturated rings. The number of rotatable bonds is 3. The largest absolute Gasteiger partial charge is 0.283 e. The Morgan fingerprint density at radius 2 is 1.88 bits per heavy atom. The molecule has 0 radical (unpaired) electrons. The van der Waals surface area contributed by atoms with Crippen LogP contribution in [0.15, 0.2) is 41.5 Å². The van der Waals surface area contributed by atoms with Crippen molar-refractivity contribution in [1.29, 1.82) is 0 Å². The number of nitrogens with one attached hydrogen (secondary N) is 1. The van der Waals surface area contributed by atoms with Crippen molar-refractivity contribution in [2.45, 2.75) is 0 Å². The molecule has 3 rings (SSSR count). The zero-order valence-electron chi connectivity index (χ0n) is 11.8. The van der Waals surface area contributed by atoms with E-state index in [1.165, 1.54) is 17.6 Å². The summed E-state index contributed by atoms with van der Waals surface area (Å²) in [4.78, 5) is 12.6. The number of carbonyl (C=O) groups excluding carboxylic acids is 1. The Kier molecular flexibility index (Phi) is 5.33. The number of fused-ring (bicyclic) bond motifs is 1. The molecule has 1 N–H and O–H groups in total. The topological polar surface area (TPSA) is 41.5 Å². The van der Waals surface area contributed by atoms with E-state index in [2.05, 4.69) is 10.5 Å². The predicted molar refractivity (Wildman–Crippen MR) is 103 cm³/mol. The van der Waals surface area contributed by atoms with Gasteiger partial charge in [-0.25, -0.2) is 5.43 Å². The molecule has 0 aliphatic carbocycles. The smallest absolute Gasteiger partial charge is 0.266 e. The van der Waals surface area contributed by atoms with Crippen LogP contribution >= 0.6 is 57.7 Å². The maximum atomic E-state index is 12.3. The van der Waals surface area contributed by atoms with Gasteiger partial charge in [0.2, 0.25) is 0 Å². The van der Waals surface area contributed by atoms with Gasteiger partial charge in [0.15, 0.2) is 0 Å². The summed E-state index contributed by atoms with van der Waals surface area (Å²) in [5, 5.41) is 6.28. The first-order valence-electron chi connectivity index (χ1n) is 6.61. The van der Waals surface area contributed by atoms with E-state index in [4.69, 9.17) is 46.4 Å². The Hall–Kier alpha value is -1.30. The van der Waals surface area contributed by atoms with Crippen molar-refractivity contribution >= 4 is 79.9 Å². The van der Waals surface area contributed by atoms with Crippen molar-refractivity contribution in [2.24, 2.45) is 5.10 Å². The van der Waals surface area contributed by atoms with Crippen LogP contribution in [0.5, 0.6) is 0 Å². The third kappa shape index (κ3) is 3.68. The van der Waals surface area contributed by atoms with E-state index in [1.807, 2.05) is 6.07 Å². The quantitative estimate of drug-likeness (QED) is 0.395. The van der Waals surface area contributed by atoms with E-state index < -0.39 is 5.91 Å². The molecule has 24 heavy (non-hydrogen) atoms. The minimum atomic E-state index is -0.424. The monoisotopic (exact) mass is 416 g/mol. The van der Waals surface area contributed by atoms with Crippen molar-refractivity contribution < 1.29 is 4.79 Å². The molecule has 0 saturated carbocycles. The van der Waals surface area contributed by atoms with Crippen LogP contribution in [0.3, 0.4) is 0 Å². The molecule has 8 heteroatoms. The number of amides is 1. The molecule has 1 aromatic heterocycles. The molecule has 122 valence electrons. The van der Waals surface area contributed by atoms with Crippen molar-refractivity contribution in [1.82, 2.24) is 5.43 Å². The van der Waals surface area contributed by atoms with Gasteiger partial charge in [-0.1, -0.05) is 58.5 Å². The lowest BCUT2D eigenvalue weighted by atomic mass is 10.2. The minimum absolute atomic E-state index is 0.284. The lowest BCUT2D eigenvalue weighted by Crippen LogP contribution is -2.16. The summed E-state index contributed by atoms with van der Waals surface area (Å²) in [5.41, 5.74) is 3.20. The van der Waals surface area contributed by atoms with Gasteiger partial charge in [-0.2, -0.15) is 5.10 Å². The number of carbonyl (C=O) groups is 1. The molecule has 0 unspecified atom stereocenters. The van der Waals surface area contributed by atoms with Gasteiger partial charge in [0.05, 0.1) is 16.3 Å². The summed E-state index contributed by atoms with van der Waals surface area (Å²) >= 11 is 25.5. The second-order valence-corrected chi connectivity index (χ2v) is 7.47. The van der Waals surface area contributed by atoms with E-state index in [1.54, 1.807) is 30.3 Å². The normalized spacial score (nSPS) is 11.3. The van der Waals surface area contributed by atoms with E-state index in [-0.39, 0.29) is 5.02 Å². The Morgan fingerprint density at radius 1 is 1.08 bits per heavy atom. The summed E-state index contributed by atoms with van der Waals surface area (Å²) in [6, 6.07) is 10.4. The average Bonchev–Trinajstić information content (AvgIpc) is 2.84. The molecule has 0 saturated heterocycles. The van der Waals surface area contributed by atoms with Crippen molar-refractivity contribution in [3.05, 3.63) is 66.9 Å². The molecule has 0 aliphatic heterocycles. The van der Waals surface area contributed by atoms with Crippen molar-refractivity contribution in [2.75, 3.05) is 0 Å². The number of hydrogen-bond donors (Lipinski definition) is 1. The van der Waals surface area contributed by atoms with Crippen molar-refractivity contribution in [3.63, 3.8) is 0 Å². The highest BCUT2D eigenvalue weighted by Gasteiger charge is 2.19. The molecule has 2 aromatic carbocycles. The van der Waals surface area contributed by atoms with Gasteiger partial charge in [0.1, 0.15) is 4.88 Å². The highest BCUT2D eigenvalue weighted by atomic mass is 35.5. The molecule has 0 spiro atoms. The summed E-state index contributed by atoms with van der Waals surface area (Å²) in [6.45, 7) is 0. The average molecular weight is 418 g/mol. The highest BCUT2D eigenvalue weighted by Crippen LogP contribution is 2.41. The molecule has 0 atom stereocenters. The van der Waals surface area contributed by atoms with Crippen LogP contribution in [0.1, 0.15) is 15.2 Å². The number of hydrogen-bond acceptors (Lipinski definition) is 3. The first-order chi connectivity index (χ1) is 11.5. The zero-order chi connectivity index (χ0) is 17.3. The maximum absolute atomic E-state index is 12.3. The Bertz CT molecular complexity index is 968. The fourth-order valence-corrected chi connectivity index (χ4v) is 4.53. The third-order valence-electron chi connectivity index (χ3n) is 3.08. The zero-order valence-corrected chi connectivity index (χ0v) is 15.7. The second-order valence-electron chi connectivity index (χ2n) is 4.76. The Labute approximate surface area is 161 Å². The summed E-state index contributed by atoms with van der Waals surface area (Å²) in [5.74, 6) is -0.424. The molecule has 0 bridgehead atoms. The standard InChI is InChI=1S/C16H8Cl4N2OS/c17-9-3-1-2-8(4-9)7-21-22-16(23)15-14(20)13-11(19)5-10(18)6-12(13)24-15/h1-7H,(H,22,23)/b21-7+. The second kappa shape index (κ2) is 7.30. The van der Waals surface area contributed by atoms with Crippen molar-refractivity contribution in [3.8, 4) is 0 Å². The molecule has 1 amide bonds. The summed E-state index contributed by atoms with van der Waals surface area (Å²) < 4.78 is 0.737. The Morgan fingerprint density at radius 3 is 2.62 bits per heavy atom. The van der Waals surface area contributed by atoms with Crippen LogP contribution in [-0.2, 0) is 0 Å². The molecular formula is C16H8Cl4N2OS. The van der Waals surface area contributed by atoms with Crippen LogP contribution in [0.25, 0.3) is 10.1 Å². The van der Waals surface area contributed by atoms with Crippen LogP contribution < -0.4 is 5.43 Å². The summed E-state index contributed by atoms with van der Waals surface area (Å²) in [7, 11) is 0. The van der Waals surface area contributed by atoms with Gasteiger partial charge in [-0.3, -0.25) is 4.79 Å². The van der Waals surface area contributed by atoms with Gasteiger partial charge in [0.25, 0.3) is 5.91 Å². The molecule has 1 heterocycles. The van der Waals surface area contributed by atoms with Gasteiger partial charge in [0, 0.05) is 20.1 Å². The fourth-order valence-electron chi connectivity index (χ4n) is 2.06. The van der Waals surface area contributed by atoms with Crippen LogP contribution in [-0.4, -0.2) is 12.1 Å². The van der Waals surface area contributed by atoms with E-state index in [0.717, 1.165) is 10.3 Å². The maximum Gasteiger partial charge on any atom is 0.283 e. The first kappa shape index (κ1) is 17.5. The van der Waals surface area contributed by atoms with Gasteiger partial charge in [-0.15, -0.1) is 11.3 Å². The number of hydrazone groups is 1. The van der Waals surface area contributed by atoms with E-state index >= 15 is 0 Å². The highest BCUT2D eigenvalue weighted by molar-refractivity contribution is 7.21. The van der Waals surface area contributed by atoms with Gasteiger partial charge >= 0.3 is 0 Å². The van der Waals surface area contributed by atoms with Crippen LogP contribution in [0.2, 0.25) is 20.1 Å². The lowest BCUT2D eigenvalue weighted by molar-refractivity contribution is 0.0959. The predicted octanol–water partition coefficient (Wildman–Crippen LogP) is 6.28. The van der Waals surface area contributed by atoms with Crippen LogP contribution in [0, 0.1) is 0 Å². The molecular weight excluding hydrogens is 410 g/mol. The molecule has 3 nitrogen and oxygen atoms in total. The number of halogens is 4. The molecule has 3 aromatic rings. The van der Waals surface area contributed by atoms with E-state index in [9.17, 15) is 4.79 Å². The summed E-state index contributed by atoms with van der Waals surface area (Å²) in [6.07, 6.45) is 1.49. The van der Waals surface area contributed by atoms with Crippen LogP contribution in [0.4, 0.5) is 0 Å². The van der Waals surface area contributed by atoms with Gasteiger partial charge in [-0.05, 0) is 29.8 Å². The van der Waals surface area contributed by atoms with Gasteiger partial charge < -0.3 is 0 Å². The minimum Gasteiger partial charge on any atom is -0.266 e. The number of thiophene rings is 1. The Balaban J connectivity index is 1.84. The molecule has 0 aliphatic rings. The number of benzene rings is 2. The lowest BCUT2D eigenvalue weighted by Gasteiger charge is -1.98. The number of nitrogens with zero attached hydrogens (tertiary/aromatic N) is 1. The SMILES string of the molecule is O=C(N/N=C/c1cccc(Cl)c1)c1sc2cc(Cl)cc(Cl)c2c1Cl. The fraction of sp³-hybridized carbons (Fsp3) is 0. The first-order valence-corrected chi connectivity index (χ1v) is 8.94. The third-order valence-corrected chi connectivity index (χ3v) is 5.46.